The number of nitrogens with one attached hydrogen (secondary N) is 1. The van der Waals surface area contributed by atoms with Crippen LogP contribution in [0.15, 0.2) is 18.3 Å². The molecule has 0 atom stereocenters. The molecule has 2 rings (SSSR count). The summed E-state index contributed by atoms with van der Waals surface area (Å²) in [7, 11) is 0. The average Bonchev–Trinajstić information content (AvgIpc) is 2.89. The van der Waals surface area contributed by atoms with Crippen LogP contribution in [0.4, 0.5) is 5.82 Å². The van der Waals surface area contributed by atoms with Crippen molar-refractivity contribution in [2.24, 2.45) is 5.73 Å². The van der Waals surface area contributed by atoms with E-state index in [1.807, 2.05) is 12.1 Å². The van der Waals surface area contributed by atoms with E-state index in [4.69, 9.17) is 5.73 Å². The van der Waals surface area contributed by atoms with Crippen molar-refractivity contribution in [1.29, 1.82) is 0 Å². The van der Waals surface area contributed by atoms with E-state index in [0.29, 0.717) is 12.6 Å². The molecule has 3 nitrogen and oxygen atoms in total. The van der Waals surface area contributed by atoms with E-state index in [-0.39, 0.29) is 24.8 Å². The fourth-order valence-electron chi connectivity index (χ4n) is 1.12. The first-order chi connectivity index (χ1) is 5.88. The highest BCUT2D eigenvalue weighted by Gasteiger charge is 2.20. The van der Waals surface area contributed by atoms with Crippen LogP contribution >= 0.6 is 24.8 Å². The van der Waals surface area contributed by atoms with Gasteiger partial charge in [0.05, 0.1) is 0 Å². The Labute approximate surface area is 96.3 Å². The van der Waals surface area contributed by atoms with E-state index in [9.17, 15) is 0 Å². The normalized spacial score (nSPS) is 13.8. The number of aromatic nitrogens is 1. The van der Waals surface area contributed by atoms with Gasteiger partial charge in [-0.3, -0.25) is 0 Å². The topological polar surface area (TPSA) is 50.9 Å². The van der Waals surface area contributed by atoms with Gasteiger partial charge in [0.1, 0.15) is 5.82 Å². The zero-order valence-corrected chi connectivity index (χ0v) is 9.40. The van der Waals surface area contributed by atoms with Crippen LogP contribution in [0.25, 0.3) is 0 Å². The molecule has 0 radical (unpaired) electrons. The number of hydrogen-bond donors (Lipinski definition) is 2. The van der Waals surface area contributed by atoms with Crippen molar-refractivity contribution < 1.29 is 0 Å². The van der Waals surface area contributed by atoms with Crippen molar-refractivity contribution in [1.82, 2.24) is 4.98 Å². The summed E-state index contributed by atoms with van der Waals surface area (Å²) in [5.74, 6) is 0.959. The van der Waals surface area contributed by atoms with E-state index in [0.717, 1.165) is 11.4 Å². The fourth-order valence-corrected chi connectivity index (χ4v) is 1.12. The SMILES string of the molecule is Cl.Cl.NCc1ccnc(NC2CC2)c1. The third kappa shape index (κ3) is 3.70. The third-order valence-electron chi connectivity index (χ3n) is 1.99. The summed E-state index contributed by atoms with van der Waals surface area (Å²) in [4.78, 5) is 4.20. The highest BCUT2D eigenvalue weighted by molar-refractivity contribution is 5.85. The number of nitrogens with zero attached hydrogens (tertiary/aromatic N) is 1. The molecule has 0 bridgehead atoms. The molecule has 3 N–H and O–H groups in total. The largest absolute Gasteiger partial charge is 0.367 e. The molecule has 0 unspecified atom stereocenters. The first-order valence-corrected chi connectivity index (χ1v) is 4.30. The molecule has 1 saturated carbocycles. The van der Waals surface area contributed by atoms with Gasteiger partial charge in [0.25, 0.3) is 0 Å². The van der Waals surface area contributed by atoms with Crippen molar-refractivity contribution in [3.05, 3.63) is 23.9 Å². The zero-order valence-electron chi connectivity index (χ0n) is 7.77. The number of anilines is 1. The molecule has 0 amide bonds. The Morgan fingerprint density at radius 2 is 2.14 bits per heavy atom. The Morgan fingerprint density at radius 1 is 1.43 bits per heavy atom. The standard InChI is InChI=1S/C9H13N3.2ClH/c10-6-7-3-4-11-9(5-7)12-8-1-2-8;;/h3-5,8H,1-2,6,10H2,(H,11,12);2*1H. The molecule has 0 aliphatic heterocycles. The molecular weight excluding hydrogens is 221 g/mol. The summed E-state index contributed by atoms with van der Waals surface area (Å²) in [5.41, 5.74) is 6.64. The average molecular weight is 236 g/mol. The van der Waals surface area contributed by atoms with Gasteiger partial charge in [0.2, 0.25) is 0 Å². The third-order valence-corrected chi connectivity index (χ3v) is 1.99. The Bertz CT molecular complexity index is 277. The van der Waals surface area contributed by atoms with E-state index < -0.39 is 0 Å². The van der Waals surface area contributed by atoms with Crippen LogP contribution in [0.3, 0.4) is 0 Å². The van der Waals surface area contributed by atoms with Crippen LogP contribution in [0, 0.1) is 0 Å². The second kappa shape index (κ2) is 6.06. The minimum absolute atomic E-state index is 0. The smallest absolute Gasteiger partial charge is 0.126 e. The summed E-state index contributed by atoms with van der Waals surface area (Å²) < 4.78 is 0. The Morgan fingerprint density at radius 3 is 2.71 bits per heavy atom. The lowest BCUT2D eigenvalue weighted by molar-refractivity contribution is 1.04. The van der Waals surface area contributed by atoms with Crippen LogP contribution in [0.2, 0.25) is 0 Å². The van der Waals surface area contributed by atoms with Crippen molar-refractivity contribution in [3.63, 3.8) is 0 Å². The number of pyridine rings is 1. The van der Waals surface area contributed by atoms with Gasteiger partial charge >= 0.3 is 0 Å². The second-order valence-electron chi connectivity index (χ2n) is 3.17. The van der Waals surface area contributed by atoms with Gasteiger partial charge in [-0.15, -0.1) is 24.8 Å². The van der Waals surface area contributed by atoms with Gasteiger partial charge in [-0.2, -0.15) is 0 Å². The maximum absolute atomic E-state index is 5.51. The van der Waals surface area contributed by atoms with E-state index in [1.165, 1.54) is 12.8 Å². The Kier molecular flexibility index (Phi) is 5.84. The maximum Gasteiger partial charge on any atom is 0.126 e. The van der Waals surface area contributed by atoms with Crippen LogP contribution in [-0.2, 0) is 6.54 Å². The van der Waals surface area contributed by atoms with Gasteiger partial charge in [0.15, 0.2) is 0 Å². The Balaban J connectivity index is 0.000000845. The molecule has 0 saturated heterocycles. The van der Waals surface area contributed by atoms with Crippen molar-refractivity contribution >= 4 is 30.6 Å². The summed E-state index contributed by atoms with van der Waals surface area (Å²) >= 11 is 0. The molecule has 1 aromatic rings. The van der Waals surface area contributed by atoms with Gasteiger partial charge in [0, 0.05) is 18.8 Å². The van der Waals surface area contributed by atoms with Gasteiger partial charge in [-0.1, -0.05) is 0 Å². The molecule has 0 aromatic carbocycles. The first-order valence-electron chi connectivity index (χ1n) is 4.30. The molecule has 0 spiro atoms. The van der Waals surface area contributed by atoms with Crippen molar-refractivity contribution in [2.75, 3.05) is 5.32 Å². The number of rotatable bonds is 3. The van der Waals surface area contributed by atoms with E-state index >= 15 is 0 Å². The van der Waals surface area contributed by atoms with E-state index in [1.54, 1.807) is 6.20 Å². The number of halogens is 2. The molecule has 80 valence electrons. The molecule has 1 heterocycles. The second-order valence-corrected chi connectivity index (χ2v) is 3.17. The van der Waals surface area contributed by atoms with Crippen molar-refractivity contribution in [2.45, 2.75) is 25.4 Å². The Hall–Kier alpha value is -0.510. The van der Waals surface area contributed by atoms with Crippen LogP contribution in [0.5, 0.6) is 0 Å². The molecule has 14 heavy (non-hydrogen) atoms. The van der Waals surface area contributed by atoms with Crippen LogP contribution in [0.1, 0.15) is 18.4 Å². The highest BCUT2D eigenvalue weighted by atomic mass is 35.5. The van der Waals surface area contributed by atoms with Gasteiger partial charge in [-0.25, -0.2) is 4.98 Å². The quantitative estimate of drug-likeness (QED) is 0.843. The molecule has 1 aliphatic carbocycles. The predicted octanol–water partition coefficient (Wildman–Crippen LogP) is 1.96. The minimum atomic E-state index is 0. The van der Waals surface area contributed by atoms with Crippen LogP contribution < -0.4 is 11.1 Å². The summed E-state index contributed by atoms with van der Waals surface area (Å²) in [6.45, 7) is 0.585. The minimum Gasteiger partial charge on any atom is -0.367 e. The lowest BCUT2D eigenvalue weighted by Gasteiger charge is -2.03. The summed E-state index contributed by atoms with van der Waals surface area (Å²) in [6.07, 6.45) is 4.34. The summed E-state index contributed by atoms with van der Waals surface area (Å²) in [6, 6.07) is 4.61. The molecule has 1 aliphatic rings. The fraction of sp³-hybridized carbons (Fsp3) is 0.444. The first kappa shape index (κ1) is 13.5. The highest BCUT2D eigenvalue weighted by Crippen LogP contribution is 2.23. The molecule has 1 aromatic heterocycles. The monoisotopic (exact) mass is 235 g/mol. The molecular formula is C9H15Cl2N3. The van der Waals surface area contributed by atoms with Gasteiger partial charge in [-0.05, 0) is 30.5 Å². The lowest BCUT2D eigenvalue weighted by Crippen LogP contribution is -2.04. The zero-order chi connectivity index (χ0) is 8.39. The van der Waals surface area contributed by atoms with Crippen molar-refractivity contribution in [3.8, 4) is 0 Å². The molecule has 1 fully saturated rings. The summed E-state index contributed by atoms with van der Waals surface area (Å²) in [5, 5.41) is 3.32. The predicted molar refractivity (Wildman–Crippen MR) is 63.3 cm³/mol. The van der Waals surface area contributed by atoms with Crippen LogP contribution in [-0.4, -0.2) is 11.0 Å². The number of hydrogen-bond acceptors (Lipinski definition) is 3. The van der Waals surface area contributed by atoms with Gasteiger partial charge < -0.3 is 11.1 Å². The lowest BCUT2D eigenvalue weighted by atomic mass is 10.2. The molecule has 5 heteroatoms. The number of nitrogens with two attached hydrogens (primary N) is 1. The maximum atomic E-state index is 5.51. The van der Waals surface area contributed by atoms with E-state index in [2.05, 4.69) is 10.3 Å².